The summed E-state index contributed by atoms with van der Waals surface area (Å²) < 4.78 is 4.02. The molecule has 76 valence electrons. The number of aliphatic hydroxyl groups excluding tert-OH is 3. The molecule has 0 heterocycles. The highest BCUT2D eigenvalue weighted by Crippen LogP contribution is 1.96. The Morgan fingerprint density at radius 1 is 1.23 bits per heavy atom. The predicted molar refractivity (Wildman–Crippen MR) is 40.5 cm³/mol. The molecular weight excluding hydrogens is 180 g/mol. The third-order valence-corrected chi connectivity index (χ3v) is 1.30. The van der Waals surface area contributed by atoms with E-state index in [0.29, 0.717) is 0 Å². The first kappa shape index (κ1) is 12.0. The highest BCUT2D eigenvalue weighted by molar-refractivity contribution is 5.89. The highest BCUT2D eigenvalue weighted by atomic mass is 16.6. The molecule has 0 radical (unpaired) electrons. The number of carbonyl (C=O) groups excluding carboxylic acids is 2. The van der Waals surface area contributed by atoms with Gasteiger partial charge in [-0.15, -0.1) is 0 Å². The van der Waals surface area contributed by atoms with Gasteiger partial charge in [0.05, 0.1) is 6.61 Å². The molecule has 0 saturated carbocycles. The summed E-state index contributed by atoms with van der Waals surface area (Å²) in [4.78, 5) is 21.4. The standard InChI is InChI=1S/C7H12O6/c1-2-4(9)6(11)13-7(12)5(10)3-8/h4-5,8-10H,2-3H2,1H3. The van der Waals surface area contributed by atoms with E-state index in [1.54, 1.807) is 0 Å². The fraction of sp³-hybridized carbons (Fsp3) is 0.714. The van der Waals surface area contributed by atoms with Gasteiger partial charge in [-0.1, -0.05) is 6.92 Å². The summed E-state index contributed by atoms with van der Waals surface area (Å²) in [7, 11) is 0. The van der Waals surface area contributed by atoms with Gasteiger partial charge in [0.15, 0.2) is 12.2 Å². The van der Waals surface area contributed by atoms with Gasteiger partial charge in [0, 0.05) is 0 Å². The number of carbonyl (C=O) groups is 2. The predicted octanol–water partition coefficient (Wildman–Crippen LogP) is -1.82. The minimum Gasteiger partial charge on any atom is -0.393 e. The van der Waals surface area contributed by atoms with Crippen LogP contribution in [0.3, 0.4) is 0 Å². The van der Waals surface area contributed by atoms with E-state index in [9.17, 15) is 9.59 Å². The van der Waals surface area contributed by atoms with Gasteiger partial charge in [-0.05, 0) is 6.42 Å². The van der Waals surface area contributed by atoms with Crippen LogP contribution >= 0.6 is 0 Å². The number of rotatable bonds is 4. The van der Waals surface area contributed by atoms with Crippen LogP contribution in [0.2, 0.25) is 0 Å². The van der Waals surface area contributed by atoms with Crippen LogP contribution in [-0.2, 0) is 14.3 Å². The van der Waals surface area contributed by atoms with E-state index in [4.69, 9.17) is 15.3 Å². The Bertz CT molecular complexity index is 169. The topological polar surface area (TPSA) is 104 Å². The van der Waals surface area contributed by atoms with Gasteiger partial charge >= 0.3 is 11.9 Å². The Labute approximate surface area is 74.7 Å². The fourth-order valence-corrected chi connectivity index (χ4v) is 0.476. The molecule has 2 atom stereocenters. The SMILES string of the molecule is CCC(O)C(=O)OC(=O)C(O)CO. The van der Waals surface area contributed by atoms with Gasteiger partial charge in [0.2, 0.25) is 0 Å². The summed E-state index contributed by atoms with van der Waals surface area (Å²) in [5, 5.41) is 25.8. The van der Waals surface area contributed by atoms with Gasteiger partial charge in [0.25, 0.3) is 0 Å². The Morgan fingerprint density at radius 3 is 2.08 bits per heavy atom. The molecule has 6 heteroatoms. The minimum atomic E-state index is -1.74. The first-order valence-electron chi connectivity index (χ1n) is 3.75. The molecule has 0 rings (SSSR count). The molecule has 0 saturated heterocycles. The molecule has 0 fully saturated rings. The lowest BCUT2D eigenvalue weighted by Gasteiger charge is -2.08. The molecule has 3 N–H and O–H groups in total. The zero-order chi connectivity index (χ0) is 10.4. The van der Waals surface area contributed by atoms with Crippen LogP contribution in [0.15, 0.2) is 0 Å². The van der Waals surface area contributed by atoms with Crippen molar-refractivity contribution in [1.29, 1.82) is 0 Å². The molecule has 0 spiro atoms. The zero-order valence-electron chi connectivity index (χ0n) is 7.14. The average molecular weight is 192 g/mol. The van der Waals surface area contributed by atoms with Crippen LogP contribution in [-0.4, -0.2) is 46.1 Å². The molecule has 0 amide bonds. The number of hydrogen-bond donors (Lipinski definition) is 3. The van der Waals surface area contributed by atoms with Gasteiger partial charge in [-0.25, -0.2) is 9.59 Å². The van der Waals surface area contributed by atoms with Crippen molar-refractivity contribution in [2.45, 2.75) is 25.6 Å². The maximum Gasteiger partial charge on any atom is 0.345 e. The summed E-state index contributed by atoms with van der Waals surface area (Å²) in [6, 6.07) is 0. The second-order valence-electron chi connectivity index (χ2n) is 2.36. The third-order valence-electron chi connectivity index (χ3n) is 1.30. The van der Waals surface area contributed by atoms with Crippen molar-refractivity contribution in [1.82, 2.24) is 0 Å². The molecule has 0 bridgehead atoms. The molecule has 0 aliphatic rings. The van der Waals surface area contributed by atoms with Crippen molar-refractivity contribution in [3.63, 3.8) is 0 Å². The van der Waals surface area contributed by atoms with E-state index >= 15 is 0 Å². The van der Waals surface area contributed by atoms with E-state index < -0.39 is 30.8 Å². The number of aliphatic hydroxyl groups is 3. The van der Waals surface area contributed by atoms with E-state index in [2.05, 4.69) is 4.74 Å². The second kappa shape index (κ2) is 5.63. The second-order valence-corrected chi connectivity index (χ2v) is 2.36. The van der Waals surface area contributed by atoms with Gasteiger partial charge < -0.3 is 20.1 Å². The van der Waals surface area contributed by atoms with E-state index in [1.807, 2.05) is 0 Å². The first-order valence-corrected chi connectivity index (χ1v) is 3.75. The molecule has 0 aromatic rings. The van der Waals surface area contributed by atoms with Crippen molar-refractivity contribution < 1.29 is 29.6 Å². The molecule has 0 aromatic carbocycles. The van der Waals surface area contributed by atoms with Crippen LogP contribution in [0.4, 0.5) is 0 Å². The summed E-state index contributed by atoms with van der Waals surface area (Å²) in [5.41, 5.74) is 0. The molecule has 0 aromatic heterocycles. The lowest BCUT2D eigenvalue weighted by molar-refractivity contribution is -0.172. The average Bonchev–Trinajstić information content (AvgIpc) is 2.14. The lowest BCUT2D eigenvalue weighted by atomic mass is 10.3. The van der Waals surface area contributed by atoms with Crippen molar-refractivity contribution in [3.8, 4) is 0 Å². The monoisotopic (exact) mass is 192 g/mol. The Balaban J connectivity index is 3.99. The number of esters is 2. The van der Waals surface area contributed by atoms with E-state index in [-0.39, 0.29) is 6.42 Å². The number of hydrogen-bond acceptors (Lipinski definition) is 6. The molecule has 0 aliphatic heterocycles. The molecule has 0 aliphatic carbocycles. The van der Waals surface area contributed by atoms with E-state index in [1.165, 1.54) is 6.92 Å². The third kappa shape index (κ3) is 3.97. The summed E-state index contributed by atoms with van der Waals surface area (Å²) in [5.74, 6) is -2.39. The Hall–Kier alpha value is -0.980. The fourth-order valence-electron chi connectivity index (χ4n) is 0.476. The van der Waals surface area contributed by atoms with Crippen LogP contribution in [0, 0.1) is 0 Å². The van der Waals surface area contributed by atoms with Gasteiger partial charge in [-0.3, -0.25) is 0 Å². The van der Waals surface area contributed by atoms with Crippen molar-refractivity contribution >= 4 is 11.9 Å². The Morgan fingerprint density at radius 2 is 1.69 bits per heavy atom. The van der Waals surface area contributed by atoms with Gasteiger partial charge in [0.1, 0.15) is 0 Å². The maximum absolute atomic E-state index is 10.7. The minimum absolute atomic E-state index is 0.112. The smallest absolute Gasteiger partial charge is 0.345 e. The molecule has 2 unspecified atom stereocenters. The van der Waals surface area contributed by atoms with Crippen LogP contribution in [0.25, 0.3) is 0 Å². The van der Waals surface area contributed by atoms with Crippen LogP contribution in [0.5, 0.6) is 0 Å². The number of ether oxygens (including phenoxy) is 1. The van der Waals surface area contributed by atoms with Crippen LogP contribution < -0.4 is 0 Å². The quantitative estimate of drug-likeness (QED) is 0.358. The first-order chi connectivity index (χ1) is 6.02. The molecular formula is C7H12O6. The van der Waals surface area contributed by atoms with Gasteiger partial charge in [-0.2, -0.15) is 0 Å². The zero-order valence-corrected chi connectivity index (χ0v) is 7.14. The maximum atomic E-state index is 10.7. The lowest BCUT2D eigenvalue weighted by Crippen LogP contribution is -2.32. The normalized spacial score (nSPS) is 14.8. The largest absolute Gasteiger partial charge is 0.393 e. The van der Waals surface area contributed by atoms with Crippen molar-refractivity contribution in [3.05, 3.63) is 0 Å². The summed E-state index contributed by atoms with van der Waals surface area (Å²) in [6.07, 6.45) is -3.01. The van der Waals surface area contributed by atoms with Crippen molar-refractivity contribution in [2.75, 3.05) is 6.61 Å². The van der Waals surface area contributed by atoms with E-state index in [0.717, 1.165) is 0 Å². The summed E-state index contributed by atoms with van der Waals surface area (Å²) in [6.45, 7) is 0.702. The Kier molecular flexibility index (Phi) is 5.20. The molecule has 6 nitrogen and oxygen atoms in total. The summed E-state index contributed by atoms with van der Waals surface area (Å²) >= 11 is 0. The molecule has 13 heavy (non-hydrogen) atoms. The van der Waals surface area contributed by atoms with Crippen LogP contribution in [0.1, 0.15) is 13.3 Å². The van der Waals surface area contributed by atoms with Crippen molar-refractivity contribution in [2.24, 2.45) is 0 Å². The highest BCUT2D eigenvalue weighted by Gasteiger charge is 2.22.